The Kier molecular flexibility index (Phi) is 4.67. The predicted molar refractivity (Wildman–Crippen MR) is 75.8 cm³/mol. The van der Waals surface area contributed by atoms with E-state index in [2.05, 4.69) is 5.32 Å². The average Bonchev–Trinajstić information content (AvgIpc) is 2.94. The molecule has 2 rings (SSSR count). The third-order valence-corrected chi connectivity index (χ3v) is 3.80. The van der Waals surface area contributed by atoms with E-state index in [-0.39, 0.29) is 11.9 Å². The number of rotatable bonds is 5. The van der Waals surface area contributed by atoms with Crippen LogP contribution in [-0.4, -0.2) is 37.2 Å². The van der Waals surface area contributed by atoms with E-state index in [1.54, 1.807) is 18.2 Å². The summed E-state index contributed by atoms with van der Waals surface area (Å²) in [5, 5.41) is 11.9. The van der Waals surface area contributed by atoms with Crippen LogP contribution in [0.3, 0.4) is 0 Å². The molecule has 114 valence electrons. The Morgan fingerprint density at radius 1 is 1.19 bits per heavy atom. The molecule has 0 aromatic heterocycles. The van der Waals surface area contributed by atoms with Gasteiger partial charge in [0.2, 0.25) is 0 Å². The lowest BCUT2D eigenvalue weighted by molar-refractivity contribution is -0.142. The Hall–Kier alpha value is -2.24. The zero-order chi connectivity index (χ0) is 15.4. The fraction of sp³-hybridized carbons (Fsp3) is 0.467. The van der Waals surface area contributed by atoms with Crippen LogP contribution in [0, 0.1) is 5.92 Å². The average molecular weight is 293 g/mol. The van der Waals surface area contributed by atoms with E-state index < -0.39 is 11.9 Å². The number of hydrogen-bond donors (Lipinski definition) is 2. The van der Waals surface area contributed by atoms with E-state index in [9.17, 15) is 9.59 Å². The van der Waals surface area contributed by atoms with Gasteiger partial charge in [-0.05, 0) is 31.0 Å². The molecule has 2 unspecified atom stereocenters. The van der Waals surface area contributed by atoms with Gasteiger partial charge in [-0.1, -0.05) is 6.42 Å². The van der Waals surface area contributed by atoms with Crippen molar-refractivity contribution in [3.05, 3.63) is 23.8 Å². The number of carbonyl (C=O) groups is 2. The van der Waals surface area contributed by atoms with Crippen LogP contribution in [0.15, 0.2) is 18.2 Å². The smallest absolute Gasteiger partial charge is 0.308 e. The highest BCUT2D eigenvalue weighted by atomic mass is 16.5. The molecule has 6 nitrogen and oxygen atoms in total. The molecule has 1 aromatic carbocycles. The van der Waals surface area contributed by atoms with Crippen LogP contribution in [0.2, 0.25) is 0 Å². The third-order valence-electron chi connectivity index (χ3n) is 3.80. The maximum atomic E-state index is 12.2. The largest absolute Gasteiger partial charge is 0.493 e. The van der Waals surface area contributed by atoms with Gasteiger partial charge in [0, 0.05) is 11.6 Å². The summed E-state index contributed by atoms with van der Waals surface area (Å²) in [6.07, 6.45) is 2.11. The number of ether oxygens (including phenoxy) is 2. The minimum absolute atomic E-state index is 0.297. The molecule has 1 aromatic rings. The van der Waals surface area contributed by atoms with Gasteiger partial charge in [0.15, 0.2) is 11.5 Å². The van der Waals surface area contributed by atoms with Gasteiger partial charge in [0.05, 0.1) is 20.1 Å². The van der Waals surface area contributed by atoms with Gasteiger partial charge in [-0.15, -0.1) is 0 Å². The molecule has 1 fully saturated rings. The molecular formula is C15H19NO5. The van der Waals surface area contributed by atoms with Crippen molar-refractivity contribution >= 4 is 11.9 Å². The van der Waals surface area contributed by atoms with Crippen molar-refractivity contribution in [3.63, 3.8) is 0 Å². The first-order chi connectivity index (χ1) is 10.1. The predicted octanol–water partition coefficient (Wildman–Crippen LogP) is 1.69. The second-order valence-corrected chi connectivity index (χ2v) is 5.03. The van der Waals surface area contributed by atoms with Crippen LogP contribution >= 0.6 is 0 Å². The van der Waals surface area contributed by atoms with Gasteiger partial charge in [0.1, 0.15) is 0 Å². The van der Waals surface area contributed by atoms with Gasteiger partial charge >= 0.3 is 5.97 Å². The first-order valence-electron chi connectivity index (χ1n) is 6.82. The van der Waals surface area contributed by atoms with Gasteiger partial charge in [-0.25, -0.2) is 0 Å². The molecule has 0 radical (unpaired) electrons. The normalized spacial score (nSPS) is 20.9. The zero-order valence-electron chi connectivity index (χ0n) is 12.1. The highest BCUT2D eigenvalue weighted by Crippen LogP contribution is 2.29. The molecule has 1 aliphatic rings. The summed E-state index contributed by atoms with van der Waals surface area (Å²) < 4.78 is 10.3. The molecule has 0 aliphatic heterocycles. The molecule has 0 bridgehead atoms. The van der Waals surface area contributed by atoms with Gasteiger partial charge < -0.3 is 19.9 Å². The fourth-order valence-corrected chi connectivity index (χ4v) is 2.66. The van der Waals surface area contributed by atoms with Gasteiger partial charge in [-0.2, -0.15) is 0 Å². The Morgan fingerprint density at radius 2 is 1.90 bits per heavy atom. The van der Waals surface area contributed by atoms with Crippen molar-refractivity contribution in [1.82, 2.24) is 5.32 Å². The monoisotopic (exact) mass is 293 g/mol. The van der Waals surface area contributed by atoms with Crippen LogP contribution in [0.5, 0.6) is 11.5 Å². The lowest BCUT2D eigenvalue weighted by Crippen LogP contribution is -2.40. The van der Waals surface area contributed by atoms with E-state index in [0.29, 0.717) is 29.9 Å². The number of nitrogens with one attached hydrogen (secondary N) is 1. The Balaban J connectivity index is 2.11. The van der Waals surface area contributed by atoms with E-state index in [0.717, 1.165) is 6.42 Å². The molecule has 1 aliphatic carbocycles. The minimum atomic E-state index is -0.856. The Bertz CT molecular complexity index is 543. The van der Waals surface area contributed by atoms with Crippen LogP contribution < -0.4 is 14.8 Å². The van der Waals surface area contributed by atoms with Crippen molar-refractivity contribution in [2.75, 3.05) is 14.2 Å². The summed E-state index contributed by atoms with van der Waals surface area (Å²) in [6, 6.07) is 4.54. The summed E-state index contributed by atoms with van der Waals surface area (Å²) >= 11 is 0. The summed E-state index contributed by atoms with van der Waals surface area (Å²) in [4.78, 5) is 23.4. The van der Waals surface area contributed by atoms with Crippen LogP contribution in [-0.2, 0) is 4.79 Å². The first-order valence-corrected chi connectivity index (χ1v) is 6.82. The summed E-state index contributed by atoms with van der Waals surface area (Å²) in [5.41, 5.74) is 0.420. The summed E-state index contributed by atoms with van der Waals surface area (Å²) in [7, 11) is 3.02. The van der Waals surface area contributed by atoms with Crippen LogP contribution in [0.25, 0.3) is 0 Å². The molecule has 0 saturated heterocycles. The molecule has 0 heterocycles. The molecule has 1 saturated carbocycles. The van der Waals surface area contributed by atoms with Crippen molar-refractivity contribution in [3.8, 4) is 11.5 Å². The minimum Gasteiger partial charge on any atom is -0.493 e. The van der Waals surface area contributed by atoms with Crippen molar-refractivity contribution in [2.45, 2.75) is 25.3 Å². The van der Waals surface area contributed by atoms with Crippen molar-refractivity contribution in [2.24, 2.45) is 5.92 Å². The molecule has 2 atom stereocenters. The van der Waals surface area contributed by atoms with E-state index in [1.165, 1.54) is 14.2 Å². The molecule has 21 heavy (non-hydrogen) atoms. The number of hydrogen-bond acceptors (Lipinski definition) is 4. The number of carbonyl (C=O) groups excluding carboxylic acids is 1. The molecule has 2 N–H and O–H groups in total. The highest BCUT2D eigenvalue weighted by molar-refractivity contribution is 5.95. The summed E-state index contributed by atoms with van der Waals surface area (Å²) in [6.45, 7) is 0. The van der Waals surface area contributed by atoms with E-state index in [1.807, 2.05) is 0 Å². The maximum Gasteiger partial charge on any atom is 0.308 e. The van der Waals surface area contributed by atoms with E-state index in [4.69, 9.17) is 14.6 Å². The third kappa shape index (κ3) is 3.26. The molecule has 1 amide bonds. The number of amides is 1. The standard InChI is InChI=1S/C15H19NO5/c1-20-12-7-6-9(8-13(12)21-2)14(17)16-11-5-3-4-10(11)15(18)19/h6-8,10-11H,3-5H2,1-2H3,(H,16,17)(H,18,19). The topological polar surface area (TPSA) is 84.9 Å². The highest BCUT2D eigenvalue weighted by Gasteiger charge is 2.34. The Morgan fingerprint density at radius 3 is 2.52 bits per heavy atom. The lowest BCUT2D eigenvalue weighted by atomic mass is 10.0. The van der Waals surface area contributed by atoms with Crippen molar-refractivity contribution in [1.29, 1.82) is 0 Å². The quantitative estimate of drug-likeness (QED) is 0.863. The molecule has 6 heteroatoms. The van der Waals surface area contributed by atoms with Crippen LogP contribution in [0.1, 0.15) is 29.6 Å². The number of aliphatic carboxylic acids is 1. The SMILES string of the molecule is COc1ccc(C(=O)NC2CCCC2C(=O)O)cc1OC. The maximum absolute atomic E-state index is 12.2. The zero-order valence-corrected chi connectivity index (χ0v) is 12.1. The Labute approximate surface area is 123 Å². The fourth-order valence-electron chi connectivity index (χ4n) is 2.66. The van der Waals surface area contributed by atoms with Gasteiger partial charge in [0.25, 0.3) is 5.91 Å². The van der Waals surface area contributed by atoms with Crippen LogP contribution in [0.4, 0.5) is 0 Å². The van der Waals surface area contributed by atoms with Crippen molar-refractivity contribution < 1.29 is 24.2 Å². The number of carboxylic acids is 1. The number of methoxy groups -OCH3 is 2. The second kappa shape index (κ2) is 6.47. The number of carboxylic acid groups (broad SMARTS) is 1. The number of benzene rings is 1. The van der Waals surface area contributed by atoms with E-state index >= 15 is 0 Å². The summed E-state index contributed by atoms with van der Waals surface area (Å²) in [5.74, 6) is -0.655. The van der Waals surface area contributed by atoms with Gasteiger partial charge in [-0.3, -0.25) is 9.59 Å². The molecular weight excluding hydrogens is 274 g/mol. The second-order valence-electron chi connectivity index (χ2n) is 5.03. The molecule has 0 spiro atoms. The first kappa shape index (κ1) is 15.2. The lowest BCUT2D eigenvalue weighted by Gasteiger charge is -2.18.